The second-order valence-corrected chi connectivity index (χ2v) is 6.93. The number of rotatable bonds is 3. The molecule has 2 N–H and O–H groups in total. The van der Waals surface area contributed by atoms with E-state index >= 15 is 0 Å². The van der Waals surface area contributed by atoms with Crippen molar-refractivity contribution in [3.63, 3.8) is 0 Å². The van der Waals surface area contributed by atoms with Crippen LogP contribution in [-0.4, -0.2) is 62.0 Å². The maximum Gasteiger partial charge on any atom is 0.282 e. The predicted octanol–water partition coefficient (Wildman–Crippen LogP) is -0.235. The average Bonchev–Trinajstić information content (AvgIpc) is 2.39. The molecular weight excluding hydrogens is 254 g/mol. The van der Waals surface area contributed by atoms with Gasteiger partial charge in [0.05, 0.1) is 13.2 Å². The zero-order valence-electron chi connectivity index (χ0n) is 10.9. The summed E-state index contributed by atoms with van der Waals surface area (Å²) in [4.78, 5) is 0. The number of hydrogen-bond acceptors (Lipinski definition) is 4. The van der Waals surface area contributed by atoms with E-state index in [0.29, 0.717) is 32.8 Å². The van der Waals surface area contributed by atoms with Gasteiger partial charge < -0.3 is 10.5 Å². The second kappa shape index (κ2) is 5.83. The van der Waals surface area contributed by atoms with Gasteiger partial charge in [-0.2, -0.15) is 17.0 Å². The summed E-state index contributed by atoms with van der Waals surface area (Å²) in [6.07, 6.45) is 2.84. The van der Waals surface area contributed by atoms with Gasteiger partial charge in [-0.1, -0.05) is 6.42 Å². The highest BCUT2D eigenvalue weighted by atomic mass is 32.2. The number of ether oxygens (including phenoxy) is 1. The van der Waals surface area contributed by atoms with Crippen molar-refractivity contribution in [2.75, 3.05) is 32.8 Å². The standard InChI is InChI=1S/C11H23N3O3S/c1-10(12)11-4-2-3-5-14(11)18(15,16)13-6-8-17-9-7-13/h10-11H,2-9,12H2,1H3. The van der Waals surface area contributed by atoms with E-state index < -0.39 is 10.2 Å². The summed E-state index contributed by atoms with van der Waals surface area (Å²) >= 11 is 0. The van der Waals surface area contributed by atoms with Crippen molar-refractivity contribution < 1.29 is 13.2 Å². The van der Waals surface area contributed by atoms with Gasteiger partial charge in [0.1, 0.15) is 0 Å². The van der Waals surface area contributed by atoms with Crippen LogP contribution in [0.3, 0.4) is 0 Å². The van der Waals surface area contributed by atoms with Crippen molar-refractivity contribution in [1.29, 1.82) is 0 Å². The van der Waals surface area contributed by atoms with Crippen LogP contribution in [0.2, 0.25) is 0 Å². The van der Waals surface area contributed by atoms with Crippen molar-refractivity contribution >= 4 is 10.2 Å². The van der Waals surface area contributed by atoms with E-state index in [1.807, 2.05) is 6.92 Å². The van der Waals surface area contributed by atoms with Crippen LogP contribution in [-0.2, 0) is 14.9 Å². The molecule has 2 fully saturated rings. The van der Waals surface area contributed by atoms with Crippen molar-refractivity contribution in [2.24, 2.45) is 5.73 Å². The summed E-state index contributed by atoms with van der Waals surface area (Å²) in [5, 5.41) is 0. The van der Waals surface area contributed by atoms with Crippen LogP contribution in [0.15, 0.2) is 0 Å². The molecule has 2 aliphatic heterocycles. The summed E-state index contributed by atoms with van der Waals surface area (Å²) in [6.45, 7) is 4.34. The first-order valence-electron chi connectivity index (χ1n) is 6.63. The van der Waals surface area contributed by atoms with E-state index in [0.717, 1.165) is 19.3 Å². The zero-order chi connectivity index (χ0) is 13.2. The molecule has 2 atom stereocenters. The van der Waals surface area contributed by atoms with Gasteiger partial charge in [0.25, 0.3) is 10.2 Å². The lowest BCUT2D eigenvalue weighted by Gasteiger charge is -2.40. The van der Waals surface area contributed by atoms with Crippen LogP contribution in [0.1, 0.15) is 26.2 Å². The number of morpholine rings is 1. The Morgan fingerprint density at radius 1 is 1.22 bits per heavy atom. The molecule has 2 saturated heterocycles. The lowest BCUT2D eigenvalue weighted by Crippen LogP contribution is -2.57. The SMILES string of the molecule is CC(N)C1CCCCN1S(=O)(=O)N1CCOCC1. The van der Waals surface area contributed by atoms with Crippen LogP contribution in [0, 0.1) is 0 Å². The third-order valence-electron chi connectivity index (χ3n) is 3.70. The van der Waals surface area contributed by atoms with Crippen molar-refractivity contribution in [3.05, 3.63) is 0 Å². The van der Waals surface area contributed by atoms with Gasteiger partial charge in [-0.3, -0.25) is 0 Å². The van der Waals surface area contributed by atoms with Gasteiger partial charge in [-0.15, -0.1) is 0 Å². The first-order valence-corrected chi connectivity index (χ1v) is 8.03. The molecule has 2 heterocycles. The molecule has 0 aromatic rings. The van der Waals surface area contributed by atoms with E-state index in [4.69, 9.17) is 10.5 Å². The molecule has 0 spiro atoms. The molecule has 2 rings (SSSR count). The summed E-state index contributed by atoms with van der Waals surface area (Å²) < 4.78 is 33.5. The van der Waals surface area contributed by atoms with Crippen LogP contribution < -0.4 is 5.73 Å². The summed E-state index contributed by atoms with van der Waals surface area (Å²) in [5.41, 5.74) is 5.93. The molecule has 106 valence electrons. The highest BCUT2D eigenvalue weighted by molar-refractivity contribution is 7.86. The first-order chi connectivity index (χ1) is 8.53. The lowest BCUT2D eigenvalue weighted by atomic mass is 10.00. The zero-order valence-corrected chi connectivity index (χ0v) is 11.7. The van der Waals surface area contributed by atoms with Gasteiger partial charge in [0.2, 0.25) is 0 Å². The molecule has 7 heteroatoms. The smallest absolute Gasteiger partial charge is 0.282 e. The Bertz CT molecular complexity index is 366. The molecule has 2 aliphatic rings. The minimum Gasteiger partial charge on any atom is -0.379 e. The van der Waals surface area contributed by atoms with Crippen molar-refractivity contribution in [1.82, 2.24) is 8.61 Å². The topological polar surface area (TPSA) is 75.9 Å². The maximum atomic E-state index is 12.6. The summed E-state index contributed by atoms with van der Waals surface area (Å²) in [5.74, 6) is 0. The average molecular weight is 277 g/mol. The fraction of sp³-hybridized carbons (Fsp3) is 1.00. The summed E-state index contributed by atoms with van der Waals surface area (Å²) in [6, 6.07) is -0.187. The van der Waals surface area contributed by atoms with E-state index in [9.17, 15) is 8.42 Å². The number of hydrogen-bond donors (Lipinski definition) is 1. The highest BCUT2D eigenvalue weighted by Gasteiger charge is 2.38. The molecule has 0 radical (unpaired) electrons. The van der Waals surface area contributed by atoms with Crippen molar-refractivity contribution in [2.45, 2.75) is 38.3 Å². The van der Waals surface area contributed by atoms with Gasteiger partial charge in [-0.05, 0) is 19.8 Å². The minimum absolute atomic E-state index is 0.0633. The Morgan fingerprint density at radius 3 is 2.50 bits per heavy atom. The molecule has 0 saturated carbocycles. The second-order valence-electron chi connectivity index (χ2n) is 5.05. The molecule has 0 aromatic heterocycles. The van der Waals surface area contributed by atoms with Gasteiger partial charge in [0, 0.05) is 31.7 Å². The molecular formula is C11H23N3O3S. The molecule has 0 aliphatic carbocycles. The first kappa shape index (κ1) is 14.2. The van der Waals surface area contributed by atoms with Crippen LogP contribution in [0.5, 0.6) is 0 Å². The summed E-state index contributed by atoms with van der Waals surface area (Å²) in [7, 11) is -3.37. The van der Waals surface area contributed by atoms with Crippen LogP contribution in [0.25, 0.3) is 0 Å². The Morgan fingerprint density at radius 2 is 1.89 bits per heavy atom. The molecule has 6 nitrogen and oxygen atoms in total. The quantitative estimate of drug-likeness (QED) is 0.773. The molecule has 0 aromatic carbocycles. The van der Waals surface area contributed by atoms with E-state index in [-0.39, 0.29) is 12.1 Å². The normalized spacial score (nSPS) is 30.2. The number of piperidine rings is 1. The molecule has 0 bridgehead atoms. The fourth-order valence-corrected chi connectivity index (χ4v) is 4.57. The Labute approximate surface area is 109 Å². The number of nitrogens with two attached hydrogens (primary N) is 1. The molecule has 0 amide bonds. The highest BCUT2D eigenvalue weighted by Crippen LogP contribution is 2.24. The molecule has 18 heavy (non-hydrogen) atoms. The minimum atomic E-state index is -3.37. The fourth-order valence-electron chi connectivity index (χ4n) is 2.67. The number of nitrogens with zero attached hydrogens (tertiary/aromatic N) is 2. The van der Waals surface area contributed by atoms with E-state index in [1.165, 1.54) is 4.31 Å². The largest absolute Gasteiger partial charge is 0.379 e. The van der Waals surface area contributed by atoms with E-state index in [2.05, 4.69) is 0 Å². The Kier molecular flexibility index (Phi) is 4.60. The molecule has 2 unspecified atom stereocenters. The Balaban J connectivity index is 2.15. The monoisotopic (exact) mass is 277 g/mol. The third-order valence-corrected chi connectivity index (χ3v) is 5.76. The van der Waals surface area contributed by atoms with Gasteiger partial charge >= 0.3 is 0 Å². The third kappa shape index (κ3) is 2.85. The predicted molar refractivity (Wildman–Crippen MR) is 69.3 cm³/mol. The maximum absolute atomic E-state index is 12.6. The Hall–Kier alpha value is -0.210. The van der Waals surface area contributed by atoms with Gasteiger partial charge in [-0.25, -0.2) is 0 Å². The van der Waals surface area contributed by atoms with Crippen molar-refractivity contribution in [3.8, 4) is 0 Å². The van der Waals surface area contributed by atoms with Crippen LogP contribution >= 0.6 is 0 Å². The van der Waals surface area contributed by atoms with Gasteiger partial charge in [0.15, 0.2) is 0 Å². The van der Waals surface area contributed by atoms with E-state index in [1.54, 1.807) is 4.31 Å². The van der Waals surface area contributed by atoms with Crippen LogP contribution in [0.4, 0.5) is 0 Å². The lowest BCUT2D eigenvalue weighted by molar-refractivity contribution is 0.0677.